The fraction of sp³-hybridized carbons (Fsp3) is 0.0714. The molecule has 0 aliphatic heterocycles. The average Bonchev–Trinajstić information content (AvgIpc) is 2.45. The molecule has 0 fully saturated rings. The SMILES string of the molecule is NS(=O)(=O)c1ccccc1CNC(=S)Nc1ccccc1. The zero-order valence-electron chi connectivity index (χ0n) is 11.1. The largest absolute Gasteiger partial charge is 0.358 e. The summed E-state index contributed by atoms with van der Waals surface area (Å²) in [4.78, 5) is 0.0972. The molecule has 0 aromatic heterocycles. The lowest BCUT2D eigenvalue weighted by Crippen LogP contribution is -2.29. The van der Waals surface area contributed by atoms with E-state index in [1.165, 1.54) is 6.07 Å². The minimum Gasteiger partial charge on any atom is -0.358 e. The molecule has 0 aliphatic rings. The predicted octanol–water partition coefficient (Wildman–Crippen LogP) is 1.82. The van der Waals surface area contributed by atoms with Crippen molar-refractivity contribution >= 4 is 33.0 Å². The van der Waals surface area contributed by atoms with Crippen LogP contribution in [0.5, 0.6) is 0 Å². The van der Waals surface area contributed by atoms with Gasteiger partial charge in [-0.25, -0.2) is 13.6 Å². The molecule has 5 nitrogen and oxygen atoms in total. The standard InChI is InChI=1S/C14H15N3O2S2/c15-21(18,19)13-9-5-4-6-11(13)10-16-14(20)17-12-7-2-1-3-8-12/h1-9H,10H2,(H2,15,18,19)(H2,16,17,20). The maximum atomic E-state index is 11.5. The van der Waals surface area contributed by atoms with Crippen molar-refractivity contribution in [2.24, 2.45) is 5.14 Å². The number of benzene rings is 2. The molecule has 0 unspecified atom stereocenters. The van der Waals surface area contributed by atoms with Crippen LogP contribution >= 0.6 is 12.2 Å². The Morgan fingerprint density at radius 1 is 1.05 bits per heavy atom. The van der Waals surface area contributed by atoms with Gasteiger partial charge in [0.25, 0.3) is 0 Å². The van der Waals surface area contributed by atoms with E-state index < -0.39 is 10.0 Å². The highest BCUT2D eigenvalue weighted by atomic mass is 32.2. The van der Waals surface area contributed by atoms with Crippen LogP contribution in [-0.4, -0.2) is 13.5 Å². The van der Waals surface area contributed by atoms with Gasteiger partial charge in [0.1, 0.15) is 0 Å². The first-order chi connectivity index (χ1) is 9.97. The number of hydrogen-bond acceptors (Lipinski definition) is 3. The van der Waals surface area contributed by atoms with E-state index in [-0.39, 0.29) is 11.4 Å². The van der Waals surface area contributed by atoms with Gasteiger partial charge >= 0.3 is 0 Å². The molecule has 21 heavy (non-hydrogen) atoms. The topological polar surface area (TPSA) is 84.2 Å². The minimum absolute atomic E-state index is 0.0972. The van der Waals surface area contributed by atoms with Crippen LogP contribution in [0.25, 0.3) is 0 Å². The van der Waals surface area contributed by atoms with Crippen molar-refractivity contribution in [3.8, 4) is 0 Å². The summed E-state index contributed by atoms with van der Waals surface area (Å²) in [6.45, 7) is 0.269. The lowest BCUT2D eigenvalue weighted by atomic mass is 10.2. The third-order valence-electron chi connectivity index (χ3n) is 2.75. The molecular weight excluding hydrogens is 306 g/mol. The van der Waals surface area contributed by atoms with Crippen LogP contribution < -0.4 is 15.8 Å². The summed E-state index contributed by atoms with van der Waals surface area (Å²) in [5.74, 6) is 0. The van der Waals surface area contributed by atoms with Crippen LogP contribution in [0.2, 0.25) is 0 Å². The Morgan fingerprint density at radius 2 is 1.67 bits per heavy atom. The van der Waals surface area contributed by atoms with Crippen molar-refractivity contribution in [3.05, 3.63) is 60.2 Å². The molecule has 110 valence electrons. The Bertz CT molecular complexity index is 731. The molecule has 7 heteroatoms. The van der Waals surface area contributed by atoms with Crippen LogP contribution in [0, 0.1) is 0 Å². The number of hydrogen-bond donors (Lipinski definition) is 3. The van der Waals surface area contributed by atoms with Gasteiger partial charge in [-0.05, 0) is 36.0 Å². The highest BCUT2D eigenvalue weighted by Gasteiger charge is 2.12. The molecule has 0 amide bonds. The maximum absolute atomic E-state index is 11.5. The first-order valence-corrected chi connectivity index (χ1v) is 8.13. The average molecular weight is 321 g/mol. The molecule has 4 N–H and O–H groups in total. The van der Waals surface area contributed by atoms with Crippen LogP contribution in [0.1, 0.15) is 5.56 Å². The van der Waals surface area contributed by atoms with Gasteiger partial charge in [0.15, 0.2) is 5.11 Å². The molecule has 0 bridgehead atoms. The number of nitrogens with one attached hydrogen (secondary N) is 2. The number of para-hydroxylation sites is 1. The van der Waals surface area contributed by atoms with E-state index in [1.54, 1.807) is 18.2 Å². The smallest absolute Gasteiger partial charge is 0.238 e. The first-order valence-electron chi connectivity index (χ1n) is 6.17. The van der Waals surface area contributed by atoms with Crippen molar-refractivity contribution in [1.82, 2.24) is 5.32 Å². The molecule has 2 aromatic carbocycles. The fourth-order valence-electron chi connectivity index (χ4n) is 1.80. The second kappa shape index (κ2) is 6.66. The second-order valence-electron chi connectivity index (χ2n) is 4.33. The number of sulfonamides is 1. The molecule has 0 heterocycles. The Morgan fingerprint density at radius 3 is 2.33 bits per heavy atom. The highest BCUT2D eigenvalue weighted by Crippen LogP contribution is 2.13. The number of rotatable bonds is 4. The Hall–Kier alpha value is -1.96. The number of thiocarbonyl (C=S) groups is 1. The van der Waals surface area contributed by atoms with Crippen LogP contribution in [0.3, 0.4) is 0 Å². The summed E-state index contributed by atoms with van der Waals surface area (Å²) < 4.78 is 23.0. The van der Waals surface area contributed by atoms with Gasteiger partial charge in [-0.1, -0.05) is 36.4 Å². The van der Waals surface area contributed by atoms with Gasteiger partial charge in [0, 0.05) is 12.2 Å². The molecule has 0 atom stereocenters. The van der Waals surface area contributed by atoms with Crippen molar-refractivity contribution in [3.63, 3.8) is 0 Å². The fourth-order valence-corrected chi connectivity index (χ4v) is 2.76. The lowest BCUT2D eigenvalue weighted by molar-refractivity contribution is 0.596. The molecule has 0 saturated heterocycles. The van der Waals surface area contributed by atoms with Crippen molar-refractivity contribution in [2.45, 2.75) is 11.4 Å². The predicted molar refractivity (Wildman–Crippen MR) is 87.3 cm³/mol. The monoisotopic (exact) mass is 321 g/mol. The molecular formula is C14H15N3O2S2. The van der Waals surface area contributed by atoms with Crippen molar-refractivity contribution in [1.29, 1.82) is 0 Å². The van der Waals surface area contributed by atoms with Gasteiger partial charge in [0.05, 0.1) is 4.90 Å². The van der Waals surface area contributed by atoms with Crippen LogP contribution in [0.15, 0.2) is 59.5 Å². The van der Waals surface area contributed by atoms with E-state index in [2.05, 4.69) is 10.6 Å². The number of anilines is 1. The molecule has 2 rings (SSSR count). The molecule has 0 radical (unpaired) electrons. The summed E-state index contributed by atoms with van der Waals surface area (Å²) >= 11 is 5.17. The zero-order chi connectivity index (χ0) is 15.3. The lowest BCUT2D eigenvalue weighted by Gasteiger charge is -2.12. The molecule has 2 aromatic rings. The summed E-state index contributed by atoms with van der Waals surface area (Å²) in [7, 11) is -3.74. The zero-order valence-corrected chi connectivity index (χ0v) is 12.7. The van der Waals surface area contributed by atoms with Gasteiger partial charge in [-0.15, -0.1) is 0 Å². The summed E-state index contributed by atoms with van der Waals surface area (Å²) in [6, 6.07) is 16.0. The molecule has 0 saturated carbocycles. The first kappa shape index (κ1) is 15.4. The Kier molecular flexibility index (Phi) is 4.89. The van der Waals surface area contributed by atoms with Gasteiger partial charge in [-0.2, -0.15) is 0 Å². The van der Waals surface area contributed by atoms with Gasteiger partial charge in [-0.3, -0.25) is 0 Å². The normalized spacial score (nSPS) is 10.9. The van der Waals surface area contributed by atoms with E-state index in [1.807, 2.05) is 30.3 Å². The van der Waals surface area contributed by atoms with Gasteiger partial charge < -0.3 is 10.6 Å². The Labute approximate surface area is 129 Å². The van der Waals surface area contributed by atoms with E-state index in [0.717, 1.165) is 5.69 Å². The number of primary sulfonamides is 1. The van der Waals surface area contributed by atoms with E-state index in [4.69, 9.17) is 17.4 Å². The number of nitrogens with two attached hydrogens (primary N) is 1. The quantitative estimate of drug-likeness (QED) is 0.748. The van der Waals surface area contributed by atoms with Gasteiger partial charge in [0.2, 0.25) is 10.0 Å². The van der Waals surface area contributed by atoms with Crippen LogP contribution in [-0.2, 0) is 16.6 Å². The second-order valence-corrected chi connectivity index (χ2v) is 6.26. The summed E-state index contributed by atoms with van der Waals surface area (Å²) in [5, 5.41) is 11.6. The van der Waals surface area contributed by atoms with Crippen LogP contribution in [0.4, 0.5) is 5.69 Å². The maximum Gasteiger partial charge on any atom is 0.238 e. The van der Waals surface area contributed by atoms with Crippen molar-refractivity contribution < 1.29 is 8.42 Å². The third kappa shape index (κ3) is 4.52. The molecule has 0 aliphatic carbocycles. The Balaban J connectivity index is 2.02. The van der Waals surface area contributed by atoms with E-state index >= 15 is 0 Å². The third-order valence-corrected chi connectivity index (χ3v) is 4.01. The van der Waals surface area contributed by atoms with E-state index in [9.17, 15) is 8.42 Å². The summed E-state index contributed by atoms with van der Waals surface area (Å²) in [6.07, 6.45) is 0. The minimum atomic E-state index is -3.74. The van der Waals surface area contributed by atoms with Crippen molar-refractivity contribution in [2.75, 3.05) is 5.32 Å². The summed E-state index contributed by atoms with van der Waals surface area (Å²) in [5.41, 5.74) is 1.42. The highest BCUT2D eigenvalue weighted by molar-refractivity contribution is 7.89. The molecule has 0 spiro atoms. The van der Waals surface area contributed by atoms with E-state index in [0.29, 0.717) is 10.7 Å².